The van der Waals surface area contributed by atoms with Gasteiger partial charge in [0, 0.05) is 29.1 Å². The van der Waals surface area contributed by atoms with Crippen molar-refractivity contribution in [2.45, 2.75) is 63.8 Å². The molecule has 44 heavy (non-hydrogen) atoms. The number of alkyl carbamates (subject to hydrolysis) is 1. The highest BCUT2D eigenvalue weighted by atomic mass is 32.1. The van der Waals surface area contributed by atoms with Crippen LogP contribution in [0.1, 0.15) is 56.5 Å². The Morgan fingerprint density at radius 2 is 1.70 bits per heavy atom. The van der Waals surface area contributed by atoms with Gasteiger partial charge in [-0.2, -0.15) is 0 Å². The van der Waals surface area contributed by atoms with Gasteiger partial charge >= 0.3 is 6.09 Å². The van der Waals surface area contributed by atoms with Crippen LogP contribution in [0.5, 0.6) is 0 Å². The van der Waals surface area contributed by atoms with Gasteiger partial charge in [-0.1, -0.05) is 42.5 Å². The number of carbonyl (C=O) groups excluding carboxylic acids is 4. The second kappa shape index (κ2) is 12.7. The summed E-state index contributed by atoms with van der Waals surface area (Å²) in [4.78, 5) is 58.9. The predicted molar refractivity (Wildman–Crippen MR) is 166 cm³/mol. The molecule has 2 atom stereocenters. The number of morpholine rings is 1. The number of aromatic nitrogens is 1. The minimum atomic E-state index is -1.52. The molecule has 2 unspecified atom stereocenters. The number of benzene rings is 2. The van der Waals surface area contributed by atoms with E-state index in [9.17, 15) is 19.2 Å². The second-order valence-corrected chi connectivity index (χ2v) is 12.9. The average Bonchev–Trinajstić information content (AvgIpc) is 3.69. The summed E-state index contributed by atoms with van der Waals surface area (Å²) in [6, 6.07) is 15.3. The number of thiazole rings is 1. The zero-order chi connectivity index (χ0) is 31.5. The van der Waals surface area contributed by atoms with Gasteiger partial charge in [-0.15, -0.1) is 11.3 Å². The SMILES string of the molecule is CC(C)(C)OC(=O)NC(C)(C(=O)N1CCOCC1C(=O)Nc1nc(-c2ccc(C(=O)NC3CC3)cc2)cs1)c1ccccc1. The number of carbonyl (C=O) groups is 4. The molecular formula is C32H37N5O6S. The van der Waals surface area contributed by atoms with Crippen LogP contribution in [0.3, 0.4) is 0 Å². The number of anilines is 1. The number of amides is 4. The highest BCUT2D eigenvalue weighted by Gasteiger charge is 2.45. The third kappa shape index (κ3) is 7.43. The van der Waals surface area contributed by atoms with Gasteiger partial charge in [0.1, 0.15) is 17.2 Å². The summed E-state index contributed by atoms with van der Waals surface area (Å²) in [5.41, 5.74) is 0.276. The van der Waals surface area contributed by atoms with Crippen LogP contribution in [0, 0.1) is 0 Å². The van der Waals surface area contributed by atoms with E-state index in [0.29, 0.717) is 22.0 Å². The number of hydrogen-bond acceptors (Lipinski definition) is 8. The van der Waals surface area contributed by atoms with Crippen LogP contribution in [0.4, 0.5) is 9.93 Å². The van der Waals surface area contributed by atoms with E-state index in [0.717, 1.165) is 18.4 Å². The lowest BCUT2D eigenvalue weighted by molar-refractivity contribution is -0.151. The van der Waals surface area contributed by atoms with Crippen LogP contribution in [0.15, 0.2) is 60.0 Å². The topological polar surface area (TPSA) is 139 Å². The zero-order valence-corrected chi connectivity index (χ0v) is 26.0. The number of rotatable bonds is 8. The molecule has 11 nitrogen and oxygen atoms in total. The van der Waals surface area contributed by atoms with Gasteiger partial charge in [0.05, 0.1) is 18.9 Å². The first kappa shape index (κ1) is 31.1. The summed E-state index contributed by atoms with van der Waals surface area (Å²) >= 11 is 1.25. The molecule has 1 saturated heterocycles. The minimum Gasteiger partial charge on any atom is -0.444 e. The third-order valence-electron chi connectivity index (χ3n) is 7.31. The van der Waals surface area contributed by atoms with Crippen molar-refractivity contribution in [3.8, 4) is 11.3 Å². The Labute approximate surface area is 260 Å². The summed E-state index contributed by atoms with van der Waals surface area (Å²) in [5, 5.41) is 10.7. The molecule has 1 saturated carbocycles. The molecule has 2 aliphatic rings. The molecule has 0 spiro atoms. The molecule has 0 radical (unpaired) electrons. The molecule has 232 valence electrons. The first-order chi connectivity index (χ1) is 20.9. The quantitative estimate of drug-likeness (QED) is 0.342. The molecule has 4 amide bonds. The fourth-order valence-electron chi connectivity index (χ4n) is 4.82. The molecule has 2 heterocycles. The smallest absolute Gasteiger partial charge is 0.408 e. The minimum absolute atomic E-state index is 0.0164. The highest BCUT2D eigenvalue weighted by molar-refractivity contribution is 7.14. The van der Waals surface area contributed by atoms with E-state index in [1.165, 1.54) is 16.2 Å². The Morgan fingerprint density at radius 3 is 2.36 bits per heavy atom. The van der Waals surface area contributed by atoms with E-state index >= 15 is 0 Å². The maximum absolute atomic E-state index is 14.2. The molecular weight excluding hydrogens is 582 g/mol. The van der Waals surface area contributed by atoms with E-state index in [1.807, 2.05) is 23.6 Å². The molecule has 3 aromatic rings. The van der Waals surface area contributed by atoms with E-state index in [4.69, 9.17) is 9.47 Å². The predicted octanol–water partition coefficient (Wildman–Crippen LogP) is 4.31. The molecule has 2 aromatic carbocycles. The Kier molecular flexibility index (Phi) is 9.02. The molecule has 1 aromatic heterocycles. The lowest BCUT2D eigenvalue weighted by Gasteiger charge is -2.41. The van der Waals surface area contributed by atoms with Crippen LogP contribution < -0.4 is 16.0 Å². The molecule has 5 rings (SSSR count). The second-order valence-electron chi connectivity index (χ2n) is 12.1. The van der Waals surface area contributed by atoms with Crippen LogP contribution in [0.2, 0.25) is 0 Å². The van der Waals surface area contributed by atoms with Crippen molar-refractivity contribution in [3.05, 3.63) is 71.1 Å². The average molecular weight is 620 g/mol. The fraction of sp³-hybridized carbons (Fsp3) is 0.406. The fourth-order valence-corrected chi connectivity index (χ4v) is 5.54. The van der Waals surface area contributed by atoms with Gasteiger partial charge in [0.2, 0.25) is 0 Å². The van der Waals surface area contributed by atoms with Crippen LogP contribution in [-0.2, 0) is 24.6 Å². The monoisotopic (exact) mass is 619 g/mol. The summed E-state index contributed by atoms with van der Waals surface area (Å²) in [5.74, 6) is -1.02. The number of ether oxygens (including phenoxy) is 2. The van der Waals surface area contributed by atoms with E-state index in [1.54, 1.807) is 64.1 Å². The maximum Gasteiger partial charge on any atom is 0.408 e. The van der Waals surface area contributed by atoms with Crippen molar-refractivity contribution in [1.82, 2.24) is 20.5 Å². The van der Waals surface area contributed by atoms with Crippen molar-refractivity contribution in [2.75, 3.05) is 25.1 Å². The normalized spacial score (nSPS) is 18.1. The standard InChI is InChI=1S/C32H37N5O6S/c1-31(2,3)43-30(41)36-32(4,22-8-6-5-7-9-22)28(40)37-16-17-42-18-25(37)27(39)35-29-34-24(19-44-29)20-10-12-21(13-11-20)26(38)33-23-14-15-23/h5-13,19,23,25H,14-18H2,1-4H3,(H,33,38)(H,36,41)(H,34,35,39). The number of nitrogens with one attached hydrogen (secondary N) is 3. The van der Waals surface area contributed by atoms with Gasteiger partial charge in [-0.3, -0.25) is 14.4 Å². The van der Waals surface area contributed by atoms with Crippen molar-refractivity contribution in [1.29, 1.82) is 0 Å². The van der Waals surface area contributed by atoms with Crippen molar-refractivity contribution in [3.63, 3.8) is 0 Å². The Balaban J connectivity index is 1.30. The molecule has 12 heteroatoms. The summed E-state index contributed by atoms with van der Waals surface area (Å²) < 4.78 is 11.1. The highest BCUT2D eigenvalue weighted by Crippen LogP contribution is 2.29. The van der Waals surface area contributed by atoms with Crippen LogP contribution >= 0.6 is 11.3 Å². The summed E-state index contributed by atoms with van der Waals surface area (Å²) in [6.07, 6.45) is 1.29. The van der Waals surface area contributed by atoms with Crippen LogP contribution in [-0.4, -0.2) is 71.1 Å². The first-order valence-electron chi connectivity index (χ1n) is 14.6. The Morgan fingerprint density at radius 1 is 1.00 bits per heavy atom. The zero-order valence-electron chi connectivity index (χ0n) is 25.2. The van der Waals surface area contributed by atoms with Crippen molar-refractivity contribution < 1.29 is 28.7 Å². The Bertz CT molecular complexity index is 1520. The number of hydrogen-bond donors (Lipinski definition) is 3. The van der Waals surface area contributed by atoms with Gasteiger partial charge in [0.25, 0.3) is 17.7 Å². The summed E-state index contributed by atoms with van der Waals surface area (Å²) in [7, 11) is 0. The number of nitrogens with zero attached hydrogens (tertiary/aromatic N) is 2. The summed E-state index contributed by atoms with van der Waals surface area (Å²) in [6.45, 7) is 7.20. The lowest BCUT2D eigenvalue weighted by atomic mass is 9.89. The van der Waals surface area contributed by atoms with Gasteiger partial charge in [-0.25, -0.2) is 9.78 Å². The van der Waals surface area contributed by atoms with E-state index < -0.39 is 35.1 Å². The molecule has 1 aliphatic heterocycles. The molecule has 1 aliphatic carbocycles. The van der Waals surface area contributed by atoms with E-state index in [2.05, 4.69) is 20.9 Å². The molecule has 3 N–H and O–H groups in total. The van der Waals surface area contributed by atoms with Gasteiger partial charge < -0.3 is 30.3 Å². The maximum atomic E-state index is 14.2. The molecule has 2 fully saturated rings. The van der Waals surface area contributed by atoms with Crippen LogP contribution in [0.25, 0.3) is 11.3 Å². The third-order valence-corrected chi connectivity index (χ3v) is 8.07. The lowest BCUT2D eigenvalue weighted by Crippen LogP contribution is -2.62. The first-order valence-corrected chi connectivity index (χ1v) is 15.4. The van der Waals surface area contributed by atoms with Crippen molar-refractivity contribution in [2.24, 2.45) is 0 Å². The van der Waals surface area contributed by atoms with Crippen molar-refractivity contribution >= 4 is 40.3 Å². The molecule has 0 bridgehead atoms. The van der Waals surface area contributed by atoms with Gasteiger partial charge in [0.15, 0.2) is 5.13 Å². The Hall–Kier alpha value is -4.29. The van der Waals surface area contributed by atoms with E-state index in [-0.39, 0.29) is 31.7 Å². The van der Waals surface area contributed by atoms with Gasteiger partial charge in [-0.05, 0) is 58.2 Å². The largest absolute Gasteiger partial charge is 0.444 e.